The lowest BCUT2D eigenvalue weighted by Crippen LogP contribution is -2.45. The Balaban J connectivity index is 1.79. The van der Waals surface area contributed by atoms with Gasteiger partial charge in [-0.25, -0.2) is 4.68 Å². The highest BCUT2D eigenvalue weighted by molar-refractivity contribution is 6.30. The number of hydrogen-bond donors (Lipinski definition) is 1. The van der Waals surface area contributed by atoms with Crippen LogP contribution in [-0.4, -0.2) is 44.8 Å². The molecule has 0 saturated carbocycles. The molecule has 1 aliphatic heterocycles. The molecule has 24 heavy (non-hydrogen) atoms. The number of halogens is 1. The predicted molar refractivity (Wildman–Crippen MR) is 89.4 cm³/mol. The Kier molecular flexibility index (Phi) is 4.57. The fraction of sp³-hybridized carbons (Fsp3) is 0.353. The molecule has 3 rings (SSSR count). The van der Waals surface area contributed by atoms with Crippen molar-refractivity contribution < 1.29 is 14.7 Å². The Labute approximate surface area is 144 Å². The number of hydrogen-bond acceptors (Lipinski definition) is 3. The van der Waals surface area contributed by atoms with E-state index in [9.17, 15) is 14.7 Å². The van der Waals surface area contributed by atoms with Gasteiger partial charge in [0.1, 0.15) is 0 Å². The van der Waals surface area contributed by atoms with E-state index < -0.39 is 11.9 Å². The number of aromatic nitrogens is 2. The smallest absolute Gasteiger partial charge is 0.308 e. The lowest BCUT2D eigenvalue weighted by Gasteiger charge is -2.34. The first kappa shape index (κ1) is 16.5. The third-order valence-electron chi connectivity index (χ3n) is 4.18. The molecule has 2 atom stereocenters. The largest absolute Gasteiger partial charge is 0.481 e. The topological polar surface area (TPSA) is 75.4 Å². The van der Waals surface area contributed by atoms with Gasteiger partial charge < -0.3 is 10.0 Å². The predicted octanol–water partition coefficient (Wildman–Crippen LogP) is 2.71. The number of aliphatic carboxylic acids is 1. The summed E-state index contributed by atoms with van der Waals surface area (Å²) in [6.45, 7) is 2.73. The van der Waals surface area contributed by atoms with Gasteiger partial charge in [-0.2, -0.15) is 5.10 Å². The van der Waals surface area contributed by atoms with Crippen LogP contribution < -0.4 is 0 Å². The first-order chi connectivity index (χ1) is 11.4. The van der Waals surface area contributed by atoms with E-state index in [0.717, 1.165) is 5.69 Å². The van der Waals surface area contributed by atoms with Gasteiger partial charge in [0.25, 0.3) is 5.91 Å². The Hall–Kier alpha value is -2.34. The second kappa shape index (κ2) is 6.65. The van der Waals surface area contributed by atoms with E-state index in [4.69, 9.17) is 11.6 Å². The molecule has 1 N–H and O–H groups in total. The van der Waals surface area contributed by atoms with Gasteiger partial charge in [-0.15, -0.1) is 0 Å². The summed E-state index contributed by atoms with van der Waals surface area (Å²) < 4.78 is 1.58. The van der Waals surface area contributed by atoms with Gasteiger partial charge in [0.2, 0.25) is 0 Å². The van der Waals surface area contributed by atoms with Crippen LogP contribution in [0.1, 0.15) is 23.8 Å². The van der Waals surface area contributed by atoms with E-state index in [1.165, 1.54) is 0 Å². The molecule has 1 aromatic heterocycles. The lowest BCUT2D eigenvalue weighted by molar-refractivity contribution is -0.143. The van der Waals surface area contributed by atoms with Crippen LogP contribution in [0.15, 0.2) is 36.5 Å². The third kappa shape index (κ3) is 3.43. The summed E-state index contributed by atoms with van der Waals surface area (Å²) in [5.74, 6) is -1.47. The number of carbonyl (C=O) groups is 2. The van der Waals surface area contributed by atoms with E-state index in [1.54, 1.807) is 34.0 Å². The summed E-state index contributed by atoms with van der Waals surface area (Å²) in [6.07, 6.45) is 2.29. The standard InChI is InChI=1S/C17H18ClN3O3/c1-11-7-12(17(23)24)10-20(9-11)16(22)15-5-6-21(19-15)14-4-2-3-13(18)8-14/h2-6,8,11-12H,7,9-10H2,1H3,(H,23,24). The van der Waals surface area contributed by atoms with Gasteiger partial charge in [-0.3, -0.25) is 9.59 Å². The van der Waals surface area contributed by atoms with Crippen molar-refractivity contribution in [2.24, 2.45) is 11.8 Å². The number of amides is 1. The van der Waals surface area contributed by atoms with Crippen LogP contribution in [0.2, 0.25) is 5.02 Å². The highest BCUT2D eigenvalue weighted by Crippen LogP contribution is 2.23. The average Bonchev–Trinajstić information content (AvgIpc) is 3.03. The molecule has 0 bridgehead atoms. The van der Waals surface area contributed by atoms with Gasteiger partial charge in [0, 0.05) is 24.3 Å². The van der Waals surface area contributed by atoms with Crippen LogP contribution in [-0.2, 0) is 4.79 Å². The molecule has 1 fully saturated rings. The van der Waals surface area contributed by atoms with Crippen molar-refractivity contribution in [3.8, 4) is 5.69 Å². The molecule has 7 heteroatoms. The zero-order valence-corrected chi connectivity index (χ0v) is 14.0. The molecular formula is C17H18ClN3O3. The normalized spacial score (nSPS) is 20.8. The maximum Gasteiger partial charge on any atom is 0.308 e. The molecule has 6 nitrogen and oxygen atoms in total. The second-order valence-corrected chi connectivity index (χ2v) is 6.65. The quantitative estimate of drug-likeness (QED) is 0.926. The molecule has 0 aliphatic carbocycles. The maximum absolute atomic E-state index is 12.7. The highest BCUT2D eigenvalue weighted by atomic mass is 35.5. The van der Waals surface area contributed by atoms with Crippen molar-refractivity contribution in [3.63, 3.8) is 0 Å². The van der Waals surface area contributed by atoms with E-state index in [2.05, 4.69) is 5.10 Å². The van der Waals surface area contributed by atoms with Crippen LogP contribution >= 0.6 is 11.6 Å². The zero-order chi connectivity index (χ0) is 17.3. The number of carboxylic acids is 1. The summed E-state index contributed by atoms with van der Waals surface area (Å²) in [6, 6.07) is 8.81. The minimum Gasteiger partial charge on any atom is -0.481 e. The summed E-state index contributed by atoms with van der Waals surface area (Å²) in [4.78, 5) is 25.5. The number of benzene rings is 1. The van der Waals surface area contributed by atoms with Crippen LogP contribution in [0.4, 0.5) is 0 Å². The van der Waals surface area contributed by atoms with E-state index in [-0.39, 0.29) is 18.4 Å². The number of carboxylic acid groups (broad SMARTS) is 1. The number of carbonyl (C=O) groups excluding carboxylic acids is 1. The molecule has 126 valence electrons. The molecule has 1 saturated heterocycles. The monoisotopic (exact) mass is 347 g/mol. The summed E-state index contributed by atoms with van der Waals surface area (Å²) in [5.41, 5.74) is 1.06. The van der Waals surface area contributed by atoms with Crippen LogP contribution in [0, 0.1) is 11.8 Å². The van der Waals surface area contributed by atoms with Crippen molar-refractivity contribution in [1.29, 1.82) is 0 Å². The van der Waals surface area contributed by atoms with Crippen LogP contribution in [0.25, 0.3) is 5.69 Å². The molecule has 1 aromatic carbocycles. The average molecular weight is 348 g/mol. The molecule has 1 amide bonds. The minimum atomic E-state index is -0.858. The number of nitrogens with zero attached hydrogens (tertiary/aromatic N) is 3. The molecule has 2 unspecified atom stereocenters. The van der Waals surface area contributed by atoms with Crippen LogP contribution in [0.5, 0.6) is 0 Å². The highest BCUT2D eigenvalue weighted by Gasteiger charge is 2.32. The van der Waals surface area contributed by atoms with Crippen molar-refractivity contribution in [1.82, 2.24) is 14.7 Å². The Morgan fingerprint density at radius 3 is 2.79 bits per heavy atom. The molecule has 0 radical (unpaired) electrons. The fourth-order valence-corrected chi connectivity index (χ4v) is 3.24. The number of likely N-dealkylation sites (tertiary alicyclic amines) is 1. The van der Waals surface area contributed by atoms with Gasteiger partial charge in [0.05, 0.1) is 11.6 Å². The SMILES string of the molecule is CC1CC(C(=O)O)CN(C(=O)c2ccn(-c3cccc(Cl)c3)n2)C1. The summed E-state index contributed by atoms with van der Waals surface area (Å²) in [7, 11) is 0. The molecule has 2 aromatic rings. The summed E-state index contributed by atoms with van der Waals surface area (Å²) in [5, 5.41) is 14.1. The summed E-state index contributed by atoms with van der Waals surface area (Å²) >= 11 is 5.98. The molecule has 1 aliphatic rings. The first-order valence-corrected chi connectivity index (χ1v) is 8.15. The van der Waals surface area contributed by atoms with E-state index in [1.807, 2.05) is 19.1 Å². The van der Waals surface area contributed by atoms with Crippen molar-refractivity contribution >= 4 is 23.5 Å². The van der Waals surface area contributed by atoms with Gasteiger partial charge >= 0.3 is 5.97 Å². The molecule has 0 spiro atoms. The third-order valence-corrected chi connectivity index (χ3v) is 4.41. The first-order valence-electron chi connectivity index (χ1n) is 7.77. The minimum absolute atomic E-state index is 0.152. The maximum atomic E-state index is 12.7. The number of rotatable bonds is 3. The Morgan fingerprint density at radius 2 is 2.08 bits per heavy atom. The van der Waals surface area contributed by atoms with Crippen molar-refractivity contribution in [3.05, 3.63) is 47.2 Å². The van der Waals surface area contributed by atoms with Crippen LogP contribution in [0.3, 0.4) is 0 Å². The Bertz CT molecular complexity index is 774. The zero-order valence-electron chi connectivity index (χ0n) is 13.2. The molecular weight excluding hydrogens is 330 g/mol. The van der Waals surface area contributed by atoms with Crippen molar-refractivity contribution in [2.45, 2.75) is 13.3 Å². The second-order valence-electron chi connectivity index (χ2n) is 6.21. The van der Waals surface area contributed by atoms with Gasteiger partial charge in [0.15, 0.2) is 5.69 Å². The fourth-order valence-electron chi connectivity index (χ4n) is 3.06. The Morgan fingerprint density at radius 1 is 1.29 bits per heavy atom. The lowest BCUT2D eigenvalue weighted by atomic mass is 9.90. The van der Waals surface area contributed by atoms with E-state index >= 15 is 0 Å². The van der Waals surface area contributed by atoms with Gasteiger partial charge in [-0.1, -0.05) is 24.6 Å². The molecule has 2 heterocycles. The van der Waals surface area contributed by atoms with E-state index in [0.29, 0.717) is 23.7 Å². The van der Waals surface area contributed by atoms with Crippen molar-refractivity contribution in [2.75, 3.05) is 13.1 Å². The number of piperidine rings is 1. The van der Waals surface area contributed by atoms with Gasteiger partial charge in [-0.05, 0) is 36.6 Å².